The highest BCUT2D eigenvalue weighted by atomic mass is 32.2. The van der Waals surface area contributed by atoms with Gasteiger partial charge < -0.3 is 15.6 Å². The molecule has 0 aliphatic heterocycles. The van der Waals surface area contributed by atoms with Crippen LogP contribution < -0.4 is 15.2 Å². The molecule has 1 aromatic carbocycles. The molecule has 0 saturated heterocycles. The molecule has 0 spiro atoms. The van der Waals surface area contributed by atoms with Gasteiger partial charge in [0.25, 0.3) is 0 Å². The van der Waals surface area contributed by atoms with Gasteiger partial charge in [0.15, 0.2) is 0 Å². The lowest BCUT2D eigenvalue weighted by Crippen LogP contribution is -2.38. The first-order chi connectivity index (χ1) is 8.15. The second kappa shape index (κ2) is 5.13. The molecule has 1 rings (SSSR count). The van der Waals surface area contributed by atoms with Gasteiger partial charge in [0.1, 0.15) is 5.75 Å². The molecule has 0 aliphatic carbocycles. The quantitative estimate of drug-likeness (QED) is 0.671. The fraction of sp³-hybridized carbons (Fsp3) is 0.455. The third-order valence-electron chi connectivity index (χ3n) is 2.21. The van der Waals surface area contributed by atoms with Crippen LogP contribution >= 0.6 is 0 Å². The number of benzene rings is 1. The zero-order valence-corrected chi connectivity index (χ0v) is 11.4. The molecular weight excluding hydrogens is 256 g/mol. The number of nitrogens with one attached hydrogen (secondary N) is 1. The van der Waals surface area contributed by atoms with Crippen molar-refractivity contribution < 1.29 is 18.3 Å². The minimum absolute atomic E-state index is 0.0325. The monoisotopic (exact) mass is 274 g/mol. The second-order valence-corrected chi connectivity index (χ2v) is 6.31. The van der Waals surface area contributed by atoms with Crippen LogP contribution in [0.5, 0.6) is 5.75 Å². The highest BCUT2D eigenvalue weighted by molar-refractivity contribution is 7.89. The van der Waals surface area contributed by atoms with Crippen molar-refractivity contribution in [3.05, 3.63) is 18.2 Å². The van der Waals surface area contributed by atoms with E-state index in [9.17, 15) is 13.5 Å². The van der Waals surface area contributed by atoms with E-state index in [1.54, 1.807) is 0 Å². The minimum Gasteiger partial charge on any atom is -0.495 e. The number of rotatable bonds is 5. The van der Waals surface area contributed by atoms with Crippen LogP contribution in [0.2, 0.25) is 0 Å². The number of ether oxygens (including phenoxy) is 1. The Bertz CT molecular complexity index is 520. The van der Waals surface area contributed by atoms with Crippen LogP contribution in [0, 0.1) is 0 Å². The molecule has 0 saturated carbocycles. The zero-order chi connectivity index (χ0) is 14.0. The minimum atomic E-state index is -3.69. The van der Waals surface area contributed by atoms with E-state index in [4.69, 9.17) is 10.5 Å². The van der Waals surface area contributed by atoms with Crippen LogP contribution in [-0.4, -0.2) is 32.8 Å². The highest BCUT2D eigenvalue weighted by Crippen LogP contribution is 2.24. The Kier molecular flexibility index (Phi) is 4.20. The number of sulfonamides is 1. The molecule has 0 amide bonds. The third-order valence-corrected chi connectivity index (χ3v) is 3.61. The number of nitrogen functional groups attached to an aromatic ring is 1. The largest absolute Gasteiger partial charge is 0.495 e. The van der Waals surface area contributed by atoms with Gasteiger partial charge in [-0.3, -0.25) is 0 Å². The molecule has 0 fully saturated rings. The lowest BCUT2D eigenvalue weighted by molar-refractivity contribution is 0.0857. The van der Waals surface area contributed by atoms with Gasteiger partial charge in [-0.1, -0.05) is 0 Å². The number of aliphatic hydroxyl groups is 1. The maximum absolute atomic E-state index is 11.9. The summed E-state index contributed by atoms with van der Waals surface area (Å²) in [4.78, 5) is 0.0325. The molecule has 18 heavy (non-hydrogen) atoms. The van der Waals surface area contributed by atoms with Gasteiger partial charge in [-0.2, -0.15) is 0 Å². The summed E-state index contributed by atoms with van der Waals surface area (Å²) in [7, 11) is -2.24. The Hall–Kier alpha value is -1.31. The van der Waals surface area contributed by atoms with Crippen molar-refractivity contribution >= 4 is 15.7 Å². The smallest absolute Gasteiger partial charge is 0.240 e. The van der Waals surface area contributed by atoms with Crippen LogP contribution in [0.1, 0.15) is 13.8 Å². The average molecular weight is 274 g/mol. The predicted molar refractivity (Wildman–Crippen MR) is 68.9 cm³/mol. The molecule has 0 bridgehead atoms. The summed E-state index contributed by atoms with van der Waals surface area (Å²) in [5.74, 6) is 0.413. The van der Waals surface area contributed by atoms with Crippen molar-refractivity contribution in [3.63, 3.8) is 0 Å². The Balaban J connectivity index is 2.96. The lowest BCUT2D eigenvalue weighted by Gasteiger charge is -2.18. The molecule has 0 aliphatic rings. The SMILES string of the molecule is COc1ccc(S(=O)(=O)NCC(C)(C)O)cc1N. The summed E-state index contributed by atoms with van der Waals surface area (Å²) < 4.78 is 31.1. The number of anilines is 1. The fourth-order valence-corrected chi connectivity index (χ4v) is 2.47. The van der Waals surface area contributed by atoms with Crippen molar-refractivity contribution in [2.24, 2.45) is 0 Å². The normalized spacial score (nSPS) is 12.4. The highest BCUT2D eigenvalue weighted by Gasteiger charge is 2.20. The first-order valence-electron chi connectivity index (χ1n) is 5.31. The van der Waals surface area contributed by atoms with Gasteiger partial charge in [0.05, 0.1) is 23.3 Å². The molecule has 102 valence electrons. The van der Waals surface area contributed by atoms with Crippen molar-refractivity contribution in [2.45, 2.75) is 24.3 Å². The molecule has 0 atom stereocenters. The maximum Gasteiger partial charge on any atom is 0.240 e. The van der Waals surface area contributed by atoms with Gasteiger partial charge in [-0.25, -0.2) is 13.1 Å². The Labute approximate surface area is 107 Å². The van der Waals surface area contributed by atoms with E-state index in [-0.39, 0.29) is 17.1 Å². The molecule has 0 radical (unpaired) electrons. The van der Waals surface area contributed by atoms with E-state index in [1.165, 1.54) is 39.2 Å². The summed E-state index contributed by atoms with van der Waals surface area (Å²) in [6.07, 6.45) is 0. The fourth-order valence-electron chi connectivity index (χ4n) is 1.23. The molecule has 0 unspecified atom stereocenters. The van der Waals surface area contributed by atoms with E-state index in [0.717, 1.165) is 0 Å². The first kappa shape index (κ1) is 14.7. The number of nitrogens with two attached hydrogens (primary N) is 1. The molecule has 0 aromatic heterocycles. The van der Waals surface area contributed by atoms with Crippen molar-refractivity contribution in [1.29, 1.82) is 0 Å². The molecule has 4 N–H and O–H groups in total. The van der Waals surface area contributed by atoms with Crippen LogP contribution in [0.25, 0.3) is 0 Å². The lowest BCUT2D eigenvalue weighted by atomic mass is 10.1. The molecule has 0 heterocycles. The second-order valence-electron chi connectivity index (χ2n) is 4.54. The van der Waals surface area contributed by atoms with Crippen LogP contribution in [0.3, 0.4) is 0 Å². The van der Waals surface area contributed by atoms with E-state index >= 15 is 0 Å². The van der Waals surface area contributed by atoms with E-state index < -0.39 is 15.6 Å². The summed E-state index contributed by atoms with van der Waals surface area (Å²) in [5, 5.41) is 9.49. The van der Waals surface area contributed by atoms with Crippen molar-refractivity contribution in [3.8, 4) is 5.75 Å². The standard InChI is InChI=1S/C11H18N2O4S/c1-11(2,14)7-13-18(15,16)8-4-5-10(17-3)9(12)6-8/h4-6,13-14H,7,12H2,1-3H3. The van der Waals surface area contributed by atoms with Crippen molar-refractivity contribution in [1.82, 2.24) is 4.72 Å². The number of hydrogen-bond acceptors (Lipinski definition) is 5. The Morgan fingerprint density at radius 3 is 2.50 bits per heavy atom. The van der Waals surface area contributed by atoms with Gasteiger partial charge in [0, 0.05) is 6.54 Å². The maximum atomic E-state index is 11.9. The van der Waals surface area contributed by atoms with E-state index in [1.807, 2.05) is 0 Å². The van der Waals surface area contributed by atoms with Crippen LogP contribution in [0.15, 0.2) is 23.1 Å². The molecule has 1 aromatic rings. The van der Waals surface area contributed by atoms with E-state index in [0.29, 0.717) is 5.75 Å². The molecule has 7 heteroatoms. The third kappa shape index (κ3) is 3.86. The van der Waals surface area contributed by atoms with Crippen molar-refractivity contribution in [2.75, 3.05) is 19.4 Å². The van der Waals surface area contributed by atoms with Gasteiger partial charge in [-0.15, -0.1) is 0 Å². The van der Waals surface area contributed by atoms with Gasteiger partial charge in [-0.05, 0) is 32.0 Å². The number of methoxy groups -OCH3 is 1. The summed E-state index contributed by atoms with van der Waals surface area (Å²) in [5.41, 5.74) is 4.76. The first-order valence-corrected chi connectivity index (χ1v) is 6.79. The zero-order valence-electron chi connectivity index (χ0n) is 10.6. The predicted octanol–water partition coefficient (Wildman–Crippen LogP) is 0.327. The summed E-state index contributed by atoms with van der Waals surface area (Å²) in [6, 6.07) is 4.18. The van der Waals surface area contributed by atoms with Crippen LogP contribution in [-0.2, 0) is 10.0 Å². The Morgan fingerprint density at radius 2 is 2.06 bits per heavy atom. The topological polar surface area (TPSA) is 102 Å². The summed E-state index contributed by atoms with van der Waals surface area (Å²) in [6.45, 7) is 2.94. The average Bonchev–Trinajstić information content (AvgIpc) is 2.25. The van der Waals surface area contributed by atoms with Gasteiger partial charge in [0.2, 0.25) is 10.0 Å². The van der Waals surface area contributed by atoms with Gasteiger partial charge >= 0.3 is 0 Å². The Morgan fingerprint density at radius 1 is 1.44 bits per heavy atom. The summed E-state index contributed by atoms with van der Waals surface area (Å²) >= 11 is 0. The van der Waals surface area contributed by atoms with E-state index in [2.05, 4.69) is 4.72 Å². The molecular formula is C11H18N2O4S. The van der Waals surface area contributed by atoms with Crippen LogP contribution in [0.4, 0.5) is 5.69 Å². The number of hydrogen-bond donors (Lipinski definition) is 3. The molecule has 6 nitrogen and oxygen atoms in total.